The van der Waals surface area contributed by atoms with Gasteiger partial charge in [-0.15, -0.1) is 0 Å². The average Bonchev–Trinajstić information content (AvgIpc) is 2.43. The fourth-order valence-corrected chi connectivity index (χ4v) is 1.84. The van der Waals surface area contributed by atoms with Gasteiger partial charge in [-0.1, -0.05) is 17.7 Å². The Morgan fingerprint density at radius 3 is 2.62 bits per heavy atom. The Bertz CT molecular complexity index is 759. The Morgan fingerprint density at radius 1 is 1.19 bits per heavy atom. The van der Waals surface area contributed by atoms with Gasteiger partial charge in [-0.25, -0.2) is 13.6 Å². The highest BCUT2D eigenvalue weighted by Gasteiger charge is 2.15. The quantitative estimate of drug-likeness (QED) is 0.532. The number of nitrogens with zero attached hydrogens (tertiary/aromatic N) is 1. The van der Waals surface area contributed by atoms with Gasteiger partial charge in [0.15, 0.2) is 11.6 Å². The van der Waals surface area contributed by atoms with Crippen LogP contribution in [0.15, 0.2) is 41.4 Å². The molecule has 1 N–H and O–H groups in total. The summed E-state index contributed by atoms with van der Waals surface area (Å²) in [7, 11) is 0. The SMILES string of the molecule is O=C=Nc1cccc(NC(=O)c2cc(F)c(F)cc2Cl)c1. The van der Waals surface area contributed by atoms with Crippen LogP contribution in [0.4, 0.5) is 20.2 Å². The van der Waals surface area contributed by atoms with E-state index in [0.717, 1.165) is 6.07 Å². The molecule has 0 radical (unpaired) electrons. The third kappa shape index (κ3) is 3.51. The van der Waals surface area contributed by atoms with Crippen molar-refractivity contribution in [3.63, 3.8) is 0 Å². The zero-order chi connectivity index (χ0) is 15.4. The maximum Gasteiger partial charge on any atom is 0.257 e. The predicted molar refractivity (Wildman–Crippen MR) is 73.5 cm³/mol. The van der Waals surface area contributed by atoms with Crippen LogP contribution in [-0.4, -0.2) is 12.0 Å². The van der Waals surface area contributed by atoms with Gasteiger partial charge in [0.1, 0.15) is 0 Å². The molecule has 0 aliphatic heterocycles. The van der Waals surface area contributed by atoms with Crippen molar-refractivity contribution in [2.45, 2.75) is 0 Å². The molecule has 0 saturated carbocycles. The minimum absolute atomic E-state index is 0.208. The van der Waals surface area contributed by atoms with Gasteiger partial charge in [0.05, 0.1) is 16.3 Å². The van der Waals surface area contributed by atoms with Crippen LogP contribution in [0.1, 0.15) is 10.4 Å². The molecule has 0 saturated heterocycles. The minimum atomic E-state index is -1.18. The molecule has 0 heterocycles. The van der Waals surface area contributed by atoms with Crippen LogP contribution in [0, 0.1) is 11.6 Å². The molecule has 0 aliphatic rings. The van der Waals surface area contributed by atoms with Crippen LogP contribution >= 0.6 is 11.6 Å². The Balaban J connectivity index is 2.28. The van der Waals surface area contributed by atoms with Gasteiger partial charge in [0, 0.05) is 5.69 Å². The maximum absolute atomic E-state index is 13.2. The van der Waals surface area contributed by atoms with E-state index in [0.29, 0.717) is 17.4 Å². The number of isocyanates is 1. The van der Waals surface area contributed by atoms with Gasteiger partial charge in [-0.3, -0.25) is 4.79 Å². The first-order valence-corrected chi connectivity index (χ1v) is 6.03. The topological polar surface area (TPSA) is 58.5 Å². The number of nitrogens with one attached hydrogen (secondary N) is 1. The summed E-state index contributed by atoms with van der Waals surface area (Å²) in [6.45, 7) is 0. The van der Waals surface area contributed by atoms with E-state index in [4.69, 9.17) is 11.6 Å². The smallest absolute Gasteiger partial charge is 0.257 e. The standard InChI is InChI=1S/C14H7ClF2N2O2/c15-11-6-13(17)12(16)5-10(11)14(21)19-9-3-1-2-8(4-9)18-7-20/h1-6H,(H,19,21). The van der Waals surface area contributed by atoms with E-state index < -0.39 is 17.5 Å². The molecule has 0 fully saturated rings. The largest absolute Gasteiger partial charge is 0.322 e. The van der Waals surface area contributed by atoms with Crippen molar-refractivity contribution < 1.29 is 18.4 Å². The molecule has 2 aromatic carbocycles. The summed E-state index contributed by atoms with van der Waals surface area (Å²) in [5, 5.41) is 2.23. The molecule has 0 atom stereocenters. The number of benzene rings is 2. The van der Waals surface area contributed by atoms with Crippen molar-refractivity contribution >= 4 is 35.0 Å². The lowest BCUT2D eigenvalue weighted by atomic mass is 10.2. The summed E-state index contributed by atoms with van der Waals surface area (Å²) in [5.74, 6) is -3.03. The first-order chi connectivity index (χ1) is 10.0. The Hall–Kier alpha value is -2.56. The Labute approximate surface area is 123 Å². The van der Waals surface area contributed by atoms with Crippen LogP contribution in [-0.2, 0) is 4.79 Å². The normalized spacial score (nSPS) is 9.86. The third-order valence-electron chi connectivity index (χ3n) is 2.53. The van der Waals surface area contributed by atoms with Gasteiger partial charge in [-0.05, 0) is 30.3 Å². The van der Waals surface area contributed by atoms with Crippen LogP contribution in [0.3, 0.4) is 0 Å². The van der Waals surface area contributed by atoms with E-state index in [1.54, 1.807) is 6.07 Å². The van der Waals surface area contributed by atoms with Crippen molar-refractivity contribution in [1.82, 2.24) is 0 Å². The van der Waals surface area contributed by atoms with E-state index >= 15 is 0 Å². The van der Waals surface area contributed by atoms with Crippen molar-refractivity contribution in [2.75, 3.05) is 5.32 Å². The van der Waals surface area contributed by atoms with Gasteiger partial charge in [0.2, 0.25) is 6.08 Å². The first kappa shape index (κ1) is 14.8. The average molecular weight is 309 g/mol. The van der Waals surface area contributed by atoms with E-state index in [1.807, 2.05) is 0 Å². The summed E-state index contributed by atoms with van der Waals surface area (Å²) >= 11 is 5.71. The fraction of sp³-hybridized carbons (Fsp3) is 0. The van der Waals surface area contributed by atoms with Crippen molar-refractivity contribution in [3.8, 4) is 0 Å². The monoisotopic (exact) mass is 308 g/mol. The van der Waals surface area contributed by atoms with Crippen LogP contribution in [0.25, 0.3) is 0 Å². The molecular formula is C14H7ClF2N2O2. The van der Waals surface area contributed by atoms with Crippen molar-refractivity contribution in [2.24, 2.45) is 4.99 Å². The molecule has 7 heteroatoms. The summed E-state index contributed by atoms with van der Waals surface area (Å²) in [6.07, 6.45) is 1.37. The molecular weight excluding hydrogens is 302 g/mol. The molecule has 4 nitrogen and oxygen atoms in total. The molecule has 2 aromatic rings. The number of hydrogen-bond donors (Lipinski definition) is 1. The molecule has 21 heavy (non-hydrogen) atoms. The van der Waals surface area contributed by atoms with Crippen LogP contribution < -0.4 is 5.32 Å². The Morgan fingerprint density at radius 2 is 1.90 bits per heavy atom. The predicted octanol–water partition coefficient (Wildman–Crippen LogP) is 3.84. The first-order valence-electron chi connectivity index (χ1n) is 5.65. The summed E-state index contributed by atoms with van der Waals surface area (Å²) < 4.78 is 26.1. The van der Waals surface area contributed by atoms with E-state index in [9.17, 15) is 18.4 Å². The fourth-order valence-electron chi connectivity index (χ4n) is 1.60. The number of carbonyl (C=O) groups excluding carboxylic acids is 2. The van der Waals surface area contributed by atoms with Crippen molar-refractivity contribution in [1.29, 1.82) is 0 Å². The lowest BCUT2D eigenvalue weighted by Gasteiger charge is -2.07. The lowest BCUT2D eigenvalue weighted by Crippen LogP contribution is -2.13. The van der Waals surface area contributed by atoms with Gasteiger partial charge in [0.25, 0.3) is 5.91 Å². The summed E-state index contributed by atoms with van der Waals surface area (Å²) in [4.78, 5) is 25.5. The van der Waals surface area contributed by atoms with E-state index in [2.05, 4.69) is 10.3 Å². The molecule has 0 aliphatic carbocycles. The zero-order valence-electron chi connectivity index (χ0n) is 10.4. The van der Waals surface area contributed by atoms with Crippen LogP contribution in [0.2, 0.25) is 5.02 Å². The van der Waals surface area contributed by atoms with Gasteiger partial charge in [-0.2, -0.15) is 4.99 Å². The number of carbonyl (C=O) groups is 1. The van der Waals surface area contributed by atoms with Gasteiger partial charge >= 0.3 is 0 Å². The highest BCUT2D eigenvalue weighted by molar-refractivity contribution is 6.34. The third-order valence-corrected chi connectivity index (χ3v) is 2.85. The number of rotatable bonds is 3. The van der Waals surface area contributed by atoms with Crippen LogP contribution in [0.5, 0.6) is 0 Å². The number of aliphatic imine (C=N–C) groups is 1. The molecule has 0 unspecified atom stereocenters. The highest BCUT2D eigenvalue weighted by Crippen LogP contribution is 2.22. The number of amides is 1. The molecule has 0 spiro atoms. The highest BCUT2D eigenvalue weighted by atomic mass is 35.5. The molecule has 2 rings (SSSR count). The molecule has 1 amide bonds. The minimum Gasteiger partial charge on any atom is -0.322 e. The number of hydrogen-bond acceptors (Lipinski definition) is 3. The molecule has 0 aromatic heterocycles. The van der Waals surface area contributed by atoms with E-state index in [-0.39, 0.29) is 10.6 Å². The second kappa shape index (κ2) is 6.26. The van der Waals surface area contributed by atoms with Crippen molar-refractivity contribution in [3.05, 3.63) is 58.6 Å². The zero-order valence-corrected chi connectivity index (χ0v) is 11.1. The molecule has 0 bridgehead atoms. The van der Waals surface area contributed by atoms with E-state index in [1.165, 1.54) is 24.3 Å². The summed E-state index contributed by atoms with van der Waals surface area (Å²) in [6, 6.07) is 7.47. The summed E-state index contributed by atoms with van der Waals surface area (Å²) in [5.41, 5.74) is 0.399. The lowest BCUT2D eigenvalue weighted by molar-refractivity contribution is 0.102. The second-order valence-electron chi connectivity index (χ2n) is 3.95. The Kier molecular flexibility index (Phi) is 4.42. The number of anilines is 1. The molecule has 106 valence electrons. The second-order valence-corrected chi connectivity index (χ2v) is 4.36. The van der Waals surface area contributed by atoms with Gasteiger partial charge < -0.3 is 5.32 Å². The maximum atomic E-state index is 13.2. The number of halogens is 3.